The Bertz CT molecular complexity index is 460. The van der Waals surface area contributed by atoms with Crippen molar-refractivity contribution in [2.75, 3.05) is 36.5 Å². The van der Waals surface area contributed by atoms with Crippen molar-refractivity contribution in [2.45, 2.75) is 44.9 Å². The molecule has 21 heavy (non-hydrogen) atoms. The highest BCUT2D eigenvalue weighted by Gasteiger charge is 2.28. The Balaban J connectivity index is 1.68. The van der Waals surface area contributed by atoms with Crippen LogP contribution in [0, 0.1) is 0 Å². The molecule has 0 aliphatic carbocycles. The van der Waals surface area contributed by atoms with Gasteiger partial charge in [-0.1, -0.05) is 12.1 Å². The first kappa shape index (κ1) is 14.7. The van der Waals surface area contributed by atoms with Crippen molar-refractivity contribution in [2.24, 2.45) is 0 Å². The van der Waals surface area contributed by atoms with Gasteiger partial charge in [-0.15, -0.1) is 0 Å². The van der Waals surface area contributed by atoms with E-state index in [1.54, 1.807) is 0 Å². The quantitative estimate of drug-likeness (QED) is 0.926. The summed E-state index contributed by atoms with van der Waals surface area (Å²) in [6.07, 6.45) is 3.93. The van der Waals surface area contributed by atoms with Gasteiger partial charge in [-0.2, -0.15) is 0 Å². The molecule has 2 heterocycles. The maximum absolute atomic E-state index is 5.74. The lowest BCUT2D eigenvalue weighted by molar-refractivity contribution is -0.247. The molecule has 2 saturated heterocycles. The van der Waals surface area contributed by atoms with Gasteiger partial charge in [0.25, 0.3) is 0 Å². The van der Waals surface area contributed by atoms with Gasteiger partial charge in [0.2, 0.25) is 0 Å². The van der Waals surface area contributed by atoms with Gasteiger partial charge < -0.3 is 19.7 Å². The van der Waals surface area contributed by atoms with Crippen LogP contribution in [0.25, 0.3) is 0 Å². The second-order valence-corrected chi connectivity index (χ2v) is 6.43. The lowest BCUT2D eigenvalue weighted by Crippen LogP contribution is -2.45. The summed E-state index contributed by atoms with van der Waals surface area (Å²) in [5, 5.41) is 3.59. The molecule has 0 saturated carbocycles. The summed E-state index contributed by atoms with van der Waals surface area (Å²) in [6.45, 7) is 7.60. The number of nitrogens with one attached hydrogen (secondary N) is 1. The van der Waals surface area contributed by atoms with Crippen LogP contribution in [-0.4, -0.2) is 38.1 Å². The zero-order chi connectivity index (χ0) is 14.7. The van der Waals surface area contributed by atoms with Crippen molar-refractivity contribution >= 4 is 11.4 Å². The SMILES string of the molecule is CC1(C)OCC(Nc2ccccc2N2CCCCC2)CO1. The van der Waals surface area contributed by atoms with Crippen molar-refractivity contribution in [1.29, 1.82) is 0 Å². The van der Waals surface area contributed by atoms with Gasteiger partial charge in [-0.3, -0.25) is 0 Å². The number of anilines is 2. The van der Waals surface area contributed by atoms with E-state index in [2.05, 4.69) is 34.5 Å². The molecule has 1 aromatic carbocycles. The third-order valence-corrected chi connectivity index (χ3v) is 4.22. The van der Waals surface area contributed by atoms with E-state index in [9.17, 15) is 0 Å². The predicted molar refractivity (Wildman–Crippen MR) is 85.9 cm³/mol. The smallest absolute Gasteiger partial charge is 0.162 e. The van der Waals surface area contributed by atoms with Crippen LogP contribution in [0.15, 0.2) is 24.3 Å². The summed E-state index contributed by atoms with van der Waals surface area (Å²) >= 11 is 0. The van der Waals surface area contributed by atoms with Crippen LogP contribution >= 0.6 is 0 Å². The number of piperidine rings is 1. The molecule has 0 atom stereocenters. The third-order valence-electron chi connectivity index (χ3n) is 4.22. The van der Waals surface area contributed by atoms with Crippen LogP contribution in [0.2, 0.25) is 0 Å². The first-order valence-electron chi connectivity index (χ1n) is 8.02. The largest absolute Gasteiger partial charge is 0.376 e. The molecule has 2 aliphatic heterocycles. The van der Waals surface area contributed by atoms with Crippen molar-refractivity contribution in [3.05, 3.63) is 24.3 Å². The lowest BCUT2D eigenvalue weighted by atomic mass is 10.1. The minimum absolute atomic E-state index is 0.212. The topological polar surface area (TPSA) is 33.7 Å². The zero-order valence-electron chi connectivity index (χ0n) is 13.1. The van der Waals surface area contributed by atoms with E-state index >= 15 is 0 Å². The van der Waals surface area contributed by atoms with Gasteiger partial charge in [0, 0.05) is 13.1 Å². The van der Waals surface area contributed by atoms with E-state index in [0.717, 1.165) is 13.1 Å². The second-order valence-electron chi connectivity index (χ2n) is 6.43. The fourth-order valence-electron chi connectivity index (χ4n) is 3.00. The molecule has 0 radical (unpaired) electrons. The van der Waals surface area contributed by atoms with E-state index in [4.69, 9.17) is 9.47 Å². The molecule has 0 bridgehead atoms. The highest BCUT2D eigenvalue weighted by molar-refractivity contribution is 5.70. The van der Waals surface area contributed by atoms with E-state index in [0.29, 0.717) is 13.2 Å². The van der Waals surface area contributed by atoms with Gasteiger partial charge in [0.15, 0.2) is 5.79 Å². The zero-order valence-corrected chi connectivity index (χ0v) is 13.1. The molecule has 0 amide bonds. The van der Waals surface area contributed by atoms with E-state index in [-0.39, 0.29) is 6.04 Å². The summed E-state index contributed by atoms with van der Waals surface area (Å²) in [5.74, 6) is -0.454. The van der Waals surface area contributed by atoms with Gasteiger partial charge >= 0.3 is 0 Å². The fourth-order valence-corrected chi connectivity index (χ4v) is 3.00. The summed E-state index contributed by atoms with van der Waals surface area (Å²) in [5.41, 5.74) is 2.50. The fraction of sp³-hybridized carbons (Fsp3) is 0.647. The average molecular weight is 290 g/mol. The molecular formula is C17H26N2O2. The van der Waals surface area contributed by atoms with Crippen LogP contribution in [0.1, 0.15) is 33.1 Å². The molecule has 116 valence electrons. The normalized spacial score (nSPS) is 23.0. The lowest BCUT2D eigenvalue weighted by Gasteiger charge is -2.37. The van der Waals surface area contributed by atoms with Crippen LogP contribution < -0.4 is 10.2 Å². The Hall–Kier alpha value is -1.26. The Morgan fingerprint density at radius 3 is 2.43 bits per heavy atom. The van der Waals surface area contributed by atoms with E-state index < -0.39 is 5.79 Å². The monoisotopic (exact) mass is 290 g/mol. The molecule has 2 aliphatic rings. The first-order chi connectivity index (χ1) is 10.1. The Labute approximate surface area is 127 Å². The van der Waals surface area contributed by atoms with Crippen molar-refractivity contribution in [1.82, 2.24) is 0 Å². The van der Waals surface area contributed by atoms with Crippen LogP contribution in [0.5, 0.6) is 0 Å². The Morgan fingerprint density at radius 2 is 1.71 bits per heavy atom. The van der Waals surface area contributed by atoms with Crippen molar-refractivity contribution < 1.29 is 9.47 Å². The molecule has 0 spiro atoms. The number of para-hydroxylation sites is 2. The van der Waals surface area contributed by atoms with Crippen LogP contribution in [0.3, 0.4) is 0 Å². The molecular weight excluding hydrogens is 264 g/mol. The number of hydrogen-bond donors (Lipinski definition) is 1. The van der Waals surface area contributed by atoms with Gasteiger partial charge in [-0.05, 0) is 45.2 Å². The van der Waals surface area contributed by atoms with Gasteiger partial charge in [-0.25, -0.2) is 0 Å². The van der Waals surface area contributed by atoms with Crippen LogP contribution in [-0.2, 0) is 9.47 Å². The highest BCUT2D eigenvalue weighted by Crippen LogP contribution is 2.29. The van der Waals surface area contributed by atoms with Crippen molar-refractivity contribution in [3.63, 3.8) is 0 Å². The molecule has 4 nitrogen and oxygen atoms in total. The number of ether oxygens (including phenoxy) is 2. The highest BCUT2D eigenvalue weighted by atomic mass is 16.7. The number of hydrogen-bond acceptors (Lipinski definition) is 4. The summed E-state index contributed by atoms with van der Waals surface area (Å²) in [7, 11) is 0. The standard InChI is InChI=1S/C17H26N2O2/c1-17(2)20-12-14(13-21-17)18-15-8-4-5-9-16(15)19-10-6-3-7-11-19/h4-5,8-9,14,18H,3,6-7,10-13H2,1-2H3. The maximum Gasteiger partial charge on any atom is 0.162 e. The molecule has 0 unspecified atom stereocenters. The molecule has 4 heteroatoms. The van der Waals surface area contributed by atoms with Gasteiger partial charge in [0.1, 0.15) is 0 Å². The molecule has 0 aromatic heterocycles. The number of rotatable bonds is 3. The average Bonchev–Trinajstić information content (AvgIpc) is 2.51. The van der Waals surface area contributed by atoms with E-state index in [1.807, 2.05) is 13.8 Å². The van der Waals surface area contributed by atoms with Crippen molar-refractivity contribution in [3.8, 4) is 0 Å². The molecule has 1 N–H and O–H groups in total. The number of nitrogens with zero attached hydrogens (tertiary/aromatic N) is 1. The summed E-state index contributed by atoms with van der Waals surface area (Å²) in [4.78, 5) is 2.49. The Morgan fingerprint density at radius 1 is 1.05 bits per heavy atom. The molecule has 1 aromatic rings. The van der Waals surface area contributed by atoms with Gasteiger partial charge in [0.05, 0.1) is 30.6 Å². The Kier molecular flexibility index (Phi) is 4.36. The minimum atomic E-state index is -0.454. The summed E-state index contributed by atoms with van der Waals surface area (Å²) in [6, 6.07) is 8.78. The first-order valence-corrected chi connectivity index (χ1v) is 8.02. The third kappa shape index (κ3) is 3.69. The predicted octanol–water partition coefficient (Wildman–Crippen LogP) is 3.24. The van der Waals surface area contributed by atoms with Crippen LogP contribution in [0.4, 0.5) is 11.4 Å². The van der Waals surface area contributed by atoms with E-state index in [1.165, 1.54) is 30.6 Å². The molecule has 2 fully saturated rings. The second kappa shape index (κ2) is 6.24. The summed E-state index contributed by atoms with van der Waals surface area (Å²) < 4.78 is 11.5. The minimum Gasteiger partial charge on any atom is -0.376 e. The molecule has 3 rings (SSSR count). The maximum atomic E-state index is 5.74. The number of benzene rings is 1.